The fourth-order valence-electron chi connectivity index (χ4n) is 2.30. The highest BCUT2D eigenvalue weighted by Crippen LogP contribution is 2.28. The number of fused-ring (bicyclic) bond motifs is 2. The molecule has 0 spiro atoms. The Morgan fingerprint density at radius 3 is 1.67 bits per heavy atom. The van der Waals surface area contributed by atoms with E-state index < -0.39 is 0 Å². The normalized spacial score (nSPS) is 13.7. The van der Waals surface area contributed by atoms with Crippen molar-refractivity contribution >= 4 is 11.6 Å². The van der Waals surface area contributed by atoms with E-state index in [4.69, 9.17) is 0 Å². The standard InChI is InChI=1S/C15H13NO2/c1-9(2)16-7-12-13(8-16)15(18)11-6-4-3-5-10(11)14(12)17/h3-9H,1-2H3. The first kappa shape index (κ1) is 11.0. The van der Waals surface area contributed by atoms with Gasteiger partial charge < -0.3 is 4.57 Å². The van der Waals surface area contributed by atoms with Crippen molar-refractivity contribution < 1.29 is 9.59 Å². The van der Waals surface area contributed by atoms with Crippen molar-refractivity contribution in [3.63, 3.8) is 0 Å². The third kappa shape index (κ3) is 1.37. The molecule has 0 amide bonds. The number of rotatable bonds is 1. The molecule has 1 aromatic carbocycles. The van der Waals surface area contributed by atoms with Crippen LogP contribution in [-0.4, -0.2) is 16.1 Å². The van der Waals surface area contributed by atoms with Crippen LogP contribution in [0.4, 0.5) is 0 Å². The van der Waals surface area contributed by atoms with Crippen LogP contribution in [-0.2, 0) is 0 Å². The molecule has 1 aliphatic carbocycles. The number of nitrogens with zero attached hydrogens (tertiary/aromatic N) is 1. The third-order valence-corrected chi connectivity index (χ3v) is 3.35. The summed E-state index contributed by atoms with van der Waals surface area (Å²) in [5.74, 6) is -0.112. The van der Waals surface area contributed by atoms with Crippen molar-refractivity contribution in [3.05, 3.63) is 58.9 Å². The zero-order valence-corrected chi connectivity index (χ0v) is 10.3. The summed E-state index contributed by atoms with van der Waals surface area (Å²) in [6, 6.07) is 7.23. The summed E-state index contributed by atoms with van der Waals surface area (Å²) in [5.41, 5.74) is 2.06. The zero-order chi connectivity index (χ0) is 12.9. The van der Waals surface area contributed by atoms with Gasteiger partial charge in [0.1, 0.15) is 0 Å². The summed E-state index contributed by atoms with van der Waals surface area (Å²) in [6.07, 6.45) is 3.55. The lowest BCUT2D eigenvalue weighted by atomic mass is 9.87. The Bertz CT molecular complexity index is 612. The smallest absolute Gasteiger partial charge is 0.196 e. The molecule has 1 aliphatic rings. The van der Waals surface area contributed by atoms with Crippen LogP contribution >= 0.6 is 0 Å². The predicted octanol–water partition coefficient (Wildman–Crippen LogP) is 2.84. The van der Waals surface area contributed by atoms with E-state index in [2.05, 4.69) is 0 Å². The first-order chi connectivity index (χ1) is 8.59. The molecule has 2 aromatic rings. The van der Waals surface area contributed by atoms with Gasteiger partial charge in [0.05, 0.1) is 11.1 Å². The molecule has 1 heterocycles. The van der Waals surface area contributed by atoms with Gasteiger partial charge in [-0.3, -0.25) is 9.59 Å². The van der Waals surface area contributed by atoms with Crippen LogP contribution in [0.15, 0.2) is 36.7 Å². The maximum absolute atomic E-state index is 12.3. The second-order valence-corrected chi connectivity index (χ2v) is 4.83. The van der Waals surface area contributed by atoms with Gasteiger partial charge in [0, 0.05) is 29.6 Å². The van der Waals surface area contributed by atoms with Crippen molar-refractivity contribution in [3.8, 4) is 0 Å². The second-order valence-electron chi connectivity index (χ2n) is 4.83. The maximum Gasteiger partial charge on any atom is 0.196 e. The minimum atomic E-state index is -0.0559. The van der Waals surface area contributed by atoms with Crippen LogP contribution < -0.4 is 0 Å². The Hall–Kier alpha value is -2.16. The van der Waals surface area contributed by atoms with Gasteiger partial charge in [0.15, 0.2) is 11.6 Å². The molecule has 0 fully saturated rings. The Morgan fingerprint density at radius 1 is 0.833 bits per heavy atom. The number of carbonyl (C=O) groups excluding carboxylic acids is 2. The molecule has 3 rings (SSSR count). The minimum Gasteiger partial charge on any atom is -0.350 e. The number of carbonyl (C=O) groups is 2. The van der Waals surface area contributed by atoms with Gasteiger partial charge in [-0.1, -0.05) is 24.3 Å². The van der Waals surface area contributed by atoms with Gasteiger partial charge in [0.25, 0.3) is 0 Å². The molecule has 0 atom stereocenters. The van der Waals surface area contributed by atoms with Gasteiger partial charge in [-0.05, 0) is 13.8 Å². The molecule has 0 aliphatic heterocycles. The number of ketones is 2. The minimum absolute atomic E-state index is 0.0559. The lowest BCUT2D eigenvalue weighted by Crippen LogP contribution is -2.18. The van der Waals surface area contributed by atoms with E-state index in [0.717, 1.165) is 0 Å². The Morgan fingerprint density at radius 2 is 1.28 bits per heavy atom. The quantitative estimate of drug-likeness (QED) is 0.655. The predicted molar refractivity (Wildman–Crippen MR) is 68.1 cm³/mol. The SMILES string of the molecule is CC(C)n1cc2c(c1)C(=O)c1ccccc1C2=O. The number of aromatic nitrogens is 1. The monoisotopic (exact) mass is 239 g/mol. The van der Waals surface area contributed by atoms with Crippen LogP contribution in [0.1, 0.15) is 51.7 Å². The Kier molecular flexibility index (Phi) is 2.23. The molecule has 0 saturated carbocycles. The van der Waals surface area contributed by atoms with Crippen LogP contribution in [0, 0.1) is 0 Å². The molecule has 0 unspecified atom stereocenters. The summed E-state index contributed by atoms with van der Waals surface area (Å²) in [7, 11) is 0. The highest BCUT2D eigenvalue weighted by Gasteiger charge is 2.30. The highest BCUT2D eigenvalue weighted by atomic mass is 16.1. The van der Waals surface area contributed by atoms with Crippen molar-refractivity contribution in [1.29, 1.82) is 0 Å². The van der Waals surface area contributed by atoms with E-state index in [1.165, 1.54) is 0 Å². The van der Waals surface area contributed by atoms with Crippen molar-refractivity contribution in [2.75, 3.05) is 0 Å². The summed E-state index contributed by atoms with van der Waals surface area (Å²) < 4.78 is 1.91. The molecular formula is C15H13NO2. The molecule has 0 saturated heterocycles. The van der Waals surface area contributed by atoms with Crippen LogP contribution in [0.5, 0.6) is 0 Å². The van der Waals surface area contributed by atoms with Gasteiger partial charge in [-0.2, -0.15) is 0 Å². The van der Waals surface area contributed by atoms with Crippen LogP contribution in [0.2, 0.25) is 0 Å². The summed E-state index contributed by atoms with van der Waals surface area (Å²) in [4.78, 5) is 24.6. The maximum atomic E-state index is 12.3. The fourth-order valence-corrected chi connectivity index (χ4v) is 2.30. The van der Waals surface area contributed by atoms with Crippen molar-refractivity contribution in [2.45, 2.75) is 19.9 Å². The van der Waals surface area contributed by atoms with E-state index in [-0.39, 0.29) is 17.6 Å². The van der Waals surface area contributed by atoms with Crippen LogP contribution in [0.3, 0.4) is 0 Å². The summed E-state index contributed by atoms with van der Waals surface area (Å²) in [5, 5.41) is 0. The second kappa shape index (κ2) is 3.67. The number of hydrogen-bond acceptors (Lipinski definition) is 2. The lowest BCUT2D eigenvalue weighted by Gasteiger charge is -2.12. The number of hydrogen-bond donors (Lipinski definition) is 0. The average Bonchev–Trinajstić information content (AvgIpc) is 2.81. The third-order valence-electron chi connectivity index (χ3n) is 3.35. The van der Waals surface area contributed by atoms with Crippen molar-refractivity contribution in [2.24, 2.45) is 0 Å². The van der Waals surface area contributed by atoms with Gasteiger partial charge in [-0.25, -0.2) is 0 Å². The van der Waals surface area contributed by atoms with Gasteiger partial charge in [-0.15, -0.1) is 0 Å². The topological polar surface area (TPSA) is 39.1 Å². The molecule has 1 aromatic heterocycles. The molecule has 0 N–H and O–H groups in total. The van der Waals surface area contributed by atoms with Crippen molar-refractivity contribution in [1.82, 2.24) is 4.57 Å². The van der Waals surface area contributed by atoms with Gasteiger partial charge in [0.2, 0.25) is 0 Å². The van der Waals surface area contributed by atoms with Crippen LogP contribution in [0.25, 0.3) is 0 Å². The molecule has 18 heavy (non-hydrogen) atoms. The first-order valence-corrected chi connectivity index (χ1v) is 5.99. The van der Waals surface area contributed by atoms with E-state index >= 15 is 0 Å². The molecule has 3 nitrogen and oxygen atoms in total. The molecule has 3 heteroatoms. The van der Waals surface area contributed by atoms with Gasteiger partial charge >= 0.3 is 0 Å². The largest absolute Gasteiger partial charge is 0.350 e. The first-order valence-electron chi connectivity index (χ1n) is 5.99. The zero-order valence-electron chi connectivity index (χ0n) is 10.3. The van der Waals surface area contributed by atoms with E-state index in [1.807, 2.05) is 18.4 Å². The lowest BCUT2D eigenvalue weighted by molar-refractivity contribution is 0.0980. The molecule has 0 bridgehead atoms. The van der Waals surface area contributed by atoms with E-state index in [9.17, 15) is 9.59 Å². The van der Waals surface area contributed by atoms with E-state index in [1.54, 1.807) is 36.7 Å². The summed E-state index contributed by atoms with van der Waals surface area (Å²) in [6.45, 7) is 4.04. The Balaban J connectivity index is 2.24. The molecule has 90 valence electrons. The summed E-state index contributed by atoms with van der Waals surface area (Å²) >= 11 is 0. The molecule has 0 radical (unpaired) electrons. The highest BCUT2D eigenvalue weighted by molar-refractivity contribution is 6.28. The van der Waals surface area contributed by atoms with E-state index in [0.29, 0.717) is 22.3 Å². The average molecular weight is 239 g/mol. The number of benzene rings is 1. The molecular weight excluding hydrogens is 226 g/mol. The fraction of sp³-hybridized carbons (Fsp3) is 0.200. The Labute approximate surface area is 105 Å².